The molecule has 25 heavy (non-hydrogen) atoms. The van der Waals surface area contributed by atoms with Gasteiger partial charge in [-0.15, -0.1) is 0 Å². The van der Waals surface area contributed by atoms with E-state index in [-0.39, 0.29) is 5.91 Å². The fourth-order valence-corrected chi connectivity index (χ4v) is 2.74. The fraction of sp³-hybridized carbons (Fsp3) is 0. The van der Waals surface area contributed by atoms with Gasteiger partial charge in [-0.3, -0.25) is 4.79 Å². The number of carbonyl (C=O) groups excluding carboxylic acids is 1. The third kappa shape index (κ3) is 4.31. The van der Waals surface area contributed by atoms with Crippen molar-refractivity contribution in [1.29, 1.82) is 0 Å². The standard InChI is InChI=1S/C18H11BrCl2N2O2/c19-12-6-4-11(5-7-12)18(24)23-22-10-13-8-9-16(25-13)14-2-1-3-15(20)17(14)21/h1-10H,(H,23,24)/b22-10-. The van der Waals surface area contributed by atoms with Crippen molar-refractivity contribution in [2.75, 3.05) is 0 Å². The molecule has 1 amide bonds. The molecule has 2 aromatic carbocycles. The number of halogens is 3. The molecule has 3 aromatic rings. The van der Waals surface area contributed by atoms with Gasteiger partial charge in [0.15, 0.2) is 0 Å². The van der Waals surface area contributed by atoms with Crippen LogP contribution in [0.2, 0.25) is 10.0 Å². The predicted molar refractivity (Wildman–Crippen MR) is 103 cm³/mol. The largest absolute Gasteiger partial charge is 0.455 e. The summed E-state index contributed by atoms with van der Waals surface area (Å²) in [7, 11) is 0. The summed E-state index contributed by atoms with van der Waals surface area (Å²) in [4.78, 5) is 12.0. The van der Waals surface area contributed by atoms with Crippen molar-refractivity contribution in [2.24, 2.45) is 5.10 Å². The van der Waals surface area contributed by atoms with Gasteiger partial charge in [-0.25, -0.2) is 5.43 Å². The fourth-order valence-electron chi connectivity index (χ4n) is 2.08. The van der Waals surface area contributed by atoms with Gasteiger partial charge in [0.25, 0.3) is 5.91 Å². The summed E-state index contributed by atoms with van der Waals surface area (Å²) in [5.74, 6) is 0.726. The van der Waals surface area contributed by atoms with Crippen LogP contribution in [0, 0.1) is 0 Å². The third-order valence-corrected chi connectivity index (χ3v) is 4.66. The van der Waals surface area contributed by atoms with Crippen molar-refractivity contribution >= 4 is 51.3 Å². The molecular formula is C18H11BrCl2N2O2. The number of hydrogen-bond acceptors (Lipinski definition) is 3. The van der Waals surface area contributed by atoms with Crippen LogP contribution in [0.1, 0.15) is 16.1 Å². The van der Waals surface area contributed by atoms with Gasteiger partial charge in [0.05, 0.1) is 16.3 Å². The second kappa shape index (κ2) is 7.87. The molecule has 0 aliphatic carbocycles. The van der Waals surface area contributed by atoms with Crippen molar-refractivity contribution in [3.05, 3.63) is 80.4 Å². The molecule has 1 heterocycles. The van der Waals surface area contributed by atoms with Gasteiger partial charge in [0, 0.05) is 15.6 Å². The Balaban J connectivity index is 1.69. The van der Waals surface area contributed by atoms with Gasteiger partial charge >= 0.3 is 0 Å². The van der Waals surface area contributed by atoms with Gasteiger partial charge in [0.2, 0.25) is 0 Å². The lowest BCUT2D eigenvalue weighted by Crippen LogP contribution is -2.17. The maximum atomic E-state index is 12.0. The van der Waals surface area contributed by atoms with E-state index in [1.54, 1.807) is 48.5 Å². The molecule has 0 aliphatic heterocycles. The maximum absolute atomic E-state index is 12.0. The van der Waals surface area contributed by atoms with Crippen LogP contribution in [0.25, 0.3) is 11.3 Å². The van der Waals surface area contributed by atoms with E-state index < -0.39 is 0 Å². The highest BCUT2D eigenvalue weighted by molar-refractivity contribution is 9.10. The van der Waals surface area contributed by atoms with E-state index in [4.69, 9.17) is 27.6 Å². The molecular weight excluding hydrogens is 427 g/mol. The van der Waals surface area contributed by atoms with E-state index in [1.165, 1.54) is 6.21 Å². The number of hydrazone groups is 1. The second-order valence-corrected chi connectivity index (χ2v) is 6.71. The first-order chi connectivity index (χ1) is 12.0. The molecule has 4 nitrogen and oxygen atoms in total. The molecule has 0 saturated heterocycles. The third-order valence-electron chi connectivity index (χ3n) is 3.31. The molecule has 0 fully saturated rings. The smallest absolute Gasteiger partial charge is 0.271 e. The number of carbonyl (C=O) groups is 1. The van der Waals surface area contributed by atoms with Crippen LogP contribution in [0.4, 0.5) is 0 Å². The van der Waals surface area contributed by atoms with E-state index in [0.717, 1.165) is 4.47 Å². The van der Waals surface area contributed by atoms with Crippen LogP contribution < -0.4 is 5.43 Å². The topological polar surface area (TPSA) is 54.6 Å². The minimum Gasteiger partial charge on any atom is -0.455 e. The number of benzene rings is 2. The Hall–Kier alpha value is -2.08. The number of hydrogen-bond donors (Lipinski definition) is 1. The second-order valence-electron chi connectivity index (χ2n) is 5.01. The Morgan fingerprint density at radius 1 is 1.08 bits per heavy atom. The Labute approximate surface area is 162 Å². The number of rotatable bonds is 4. The zero-order valence-corrected chi connectivity index (χ0v) is 15.8. The van der Waals surface area contributed by atoms with Crippen LogP contribution in [0.5, 0.6) is 0 Å². The molecule has 7 heteroatoms. The number of furan rings is 1. The highest BCUT2D eigenvalue weighted by Gasteiger charge is 2.10. The first-order valence-electron chi connectivity index (χ1n) is 7.18. The predicted octanol–water partition coefficient (Wildman–Crippen LogP) is 5.78. The highest BCUT2D eigenvalue weighted by Crippen LogP contribution is 2.34. The lowest BCUT2D eigenvalue weighted by molar-refractivity contribution is 0.0955. The molecule has 3 rings (SSSR count). The highest BCUT2D eigenvalue weighted by atomic mass is 79.9. The molecule has 0 atom stereocenters. The summed E-state index contributed by atoms with van der Waals surface area (Å²) in [6.45, 7) is 0. The van der Waals surface area contributed by atoms with Crippen molar-refractivity contribution < 1.29 is 9.21 Å². The lowest BCUT2D eigenvalue weighted by atomic mass is 10.2. The van der Waals surface area contributed by atoms with E-state index in [0.29, 0.717) is 32.7 Å². The maximum Gasteiger partial charge on any atom is 0.271 e. The van der Waals surface area contributed by atoms with Crippen LogP contribution in [-0.4, -0.2) is 12.1 Å². The SMILES string of the molecule is O=C(N/N=C\c1ccc(-c2cccc(Cl)c2Cl)o1)c1ccc(Br)cc1. The van der Waals surface area contributed by atoms with Crippen LogP contribution in [-0.2, 0) is 0 Å². The molecule has 0 spiro atoms. The summed E-state index contributed by atoms with van der Waals surface area (Å²) in [6.07, 6.45) is 1.42. The molecule has 0 aliphatic rings. The first kappa shape index (κ1) is 17.7. The molecule has 0 bridgehead atoms. The zero-order valence-electron chi connectivity index (χ0n) is 12.7. The van der Waals surface area contributed by atoms with Crippen molar-refractivity contribution in [3.8, 4) is 11.3 Å². The zero-order chi connectivity index (χ0) is 17.8. The van der Waals surface area contributed by atoms with Crippen molar-refractivity contribution in [2.45, 2.75) is 0 Å². The summed E-state index contributed by atoms with van der Waals surface area (Å²) >= 11 is 15.5. The quantitative estimate of drug-likeness (QED) is 0.415. The van der Waals surface area contributed by atoms with Gasteiger partial charge in [0.1, 0.15) is 11.5 Å². The van der Waals surface area contributed by atoms with Crippen LogP contribution >= 0.6 is 39.1 Å². The number of amides is 1. The summed E-state index contributed by atoms with van der Waals surface area (Å²) < 4.78 is 6.56. The minimum absolute atomic E-state index is 0.312. The van der Waals surface area contributed by atoms with E-state index in [9.17, 15) is 4.79 Å². The van der Waals surface area contributed by atoms with E-state index in [2.05, 4.69) is 26.5 Å². The van der Waals surface area contributed by atoms with Gasteiger partial charge in [-0.05, 0) is 48.5 Å². The average Bonchev–Trinajstić information content (AvgIpc) is 3.06. The monoisotopic (exact) mass is 436 g/mol. The van der Waals surface area contributed by atoms with Crippen molar-refractivity contribution in [3.63, 3.8) is 0 Å². The molecule has 0 saturated carbocycles. The Morgan fingerprint density at radius 3 is 2.60 bits per heavy atom. The summed E-state index contributed by atoms with van der Waals surface area (Å²) in [6, 6.07) is 15.7. The van der Waals surface area contributed by atoms with Crippen molar-refractivity contribution in [1.82, 2.24) is 5.43 Å². The van der Waals surface area contributed by atoms with Gasteiger partial charge < -0.3 is 4.42 Å². The summed E-state index contributed by atoms with van der Waals surface area (Å²) in [5, 5.41) is 4.77. The molecule has 1 N–H and O–H groups in total. The van der Waals surface area contributed by atoms with Gasteiger partial charge in [-0.2, -0.15) is 5.10 Å². The average molecular weight is 438 g/mol. The minimum atomic E-state index is -0.312. The van der Waals surface area contributed by atoms with E-state index >= 15 is 0 Å². The summed E-state index contributed by atoms with van der Waals surface area (Å²) in [5.41, 5.74) is 3.64. The van der Waals surface area contributed by atoms with Gasteiger partial charge in [-0.1, -0.05) is 45.2 Å². The lowest BCUT2D eigenvalue weighted by Gasteiger charge is -2.02. The molecule has 126 valence electrons. The molecule has 0 unspecified atom stereocenters. The molecule has 1 aromatic heterocycles. The number of nitrogens with zero attached hydrogens (tertiary/aromatic N) is 1. The van der Waals surface area contributed by atoms with E-state index in [1.807, 2.05) is 6.07 Å². The first-order valence-corrected chi connectivity index (χ1v) is 8.72. The Morgan fingerprint density at radius 2 is 1.84 bits per heavy atom. The normalized spacial score (nSPS) is 11.0. The van der Waals surface area contributed by atoms with Crippen LogP contribution in [0.3, 0.4) is 0 Å². The Kier molecular flexibility index (Phi) is 5.58. The molecule has 0 radical (unpaired) electrons. The number of nitrogens with one attached hydrogen (secondary N) is 1. The van der Waals surface area contributed by atoms with Crippen LogP contribution in [0.15, 0.2) is 68.6 Å². The Bertz CT molecular complexity index is 937.